The Balaban J connectivity index is 2.63. The second-order valence-corrected chi connectivity index (χ2v) is 8.58. The van der Waals surface area contributed by atoms with Crippen LogP contribution < -0.4 is 10.6 Å². The number of carboxylic acid groups (broad SMARTS) is 1. The van der Waals surface area contributed by atoms with Crippen molar-refractivity contribution in [3.63, 3.8) is 0 Å². The molecule has 0 spiro atoms. The Morgan fingerprint density at radius 2 is 1.75 bits per heavy atom. The first-order valence-corrected chi connectivity index (χ1v) is 8.38. The lowest BCUT2D eigenvalue weighted by molar-refractivity contribution is -0.144. The minimum Gasteiger partial charge on any atom is -0.480 e. The molecule has 0 heterocycles. The van der Waals surface area contributed by atoms with Gasteiger partial charge < -0.3 is 15.7 Å². The van der Waals surface area contributed by atoms with Crippen LogP contribution in [0.5, 0.6) is 0 Å². The highest BCUT2D eigenvalue weighted by Gasteiger charge is 2.43. The van der Waals surface area contributed by atoms with Crippen molar-refractivity contribution in [1.82, 2.24) is 10.6 Å². The van der Waals surface area contributed by atoms with E-state index in [2.05, 4.69) is 10.6 Å². The molecule has 0 aromatic carbocycles. The number of carboxylic acids is 1. The zero-order valence-corrected chi connectivity index (χ0v) is 12.8. The molecule has 0 aliphatic heterocycles. The van der Waals surface area contributed by atoms with Crippen molar-refractivity contribution >= 4 is 21.8 Å². The molecular weight excluding hydrogens is 284 g/mol. The molecule has 3 N–H and O–H groups in total. The fourth-order valence-electron chi connectivity index (χ4n) is 2.06. The molecule has 0 unspecified atom stereocenters. The van der Waals surface area contributed by atoms with E-state index in [9.17, 15) is 23.1 Å². The van der Waals surface area contributed by atoms with Crippen LogP contribution in [0.25, 0.3) is 0 Å². The summed E-state index contributed by atoms with van der Waals surface area (Å²) in [5.74, 6) is -1.05. The van der Waals surface area contributed by atoms with E-state index in [-0.39, 0.29) is 6.54 Å². The van der Waals surface area contributed by atoms with Gasteiger partial charge in [-0.05, 0) is 26.7 Å². The molecule has 0 aromatic rings. The van der Waals surface area contributed by atoms with Gasteiger partial charge in [0, 0.05) is 12.8 Å². The molecule has 0 radical (unpaired) electrons. The predicted molar refractivity (Wildman–Crippen MR) is 74.3 cm³/mol. The number of sulfone groups is 1. The van der Waals surface area contributed by atoms with E-state index in [1.54, 1.807) is 0 Å². The van der Waals surface area contributed by atoms with Crippen LogP contribution in [0, 0.1) is 0 Å². The quantitative estimate of drug-likeness (QED) is 0.685. The molecule has 0 saturated heterocycles. The highest BCUT2D eigenvalue weighted by molar-refractivity contribution is 7.92. The zero-order valence-electron chi connectivity index (χ0n) is 12.0. The molecule has 1 fully saturated rings. The van der Waals surface area contributed by atoms with E-state index in [1.807, 2.05) is 0 Å². The number of aliphatic carboxylic acids is 1. The van der Waals surface area contributed by atoms with Gasteiger partial charge in [-0.25, -0.2) is 18.0 Å². The van der Waals surface area contributed by atoms with Gasteiger partial charge in [0.15, 0.2) is 9.84 Å². The van der Waals surface area contributed by atoms with E-state index in [4.69, 9.17) is 0 Å². The largest absolute Gasteiger partial charge is 0.480 e. The lowest BCUT2D eigenvalue weighted by Gasteiger charge is -2.27. The Labute approximate surface area is 119 Å². The number of amides is 2. The summed E-state index contributed by atoms with van der Waals surface area (Å²) in [6.45, 7) is 2.93. The van der Waals surface area contributed by atoms with Gasteiger partial charge in [-0.2, -0.15) is 0 Å². The van der Waals surface area contributed by atoms with E-state index in [0.29, 0.717) is 12.8 Å². The number of carbonyl (C=O) groups excluding carboxylic acids is 1. The van der Waals surface area contributed by atoms with Crippen molar-refractivity contribution in [1.29, 1.82) is 0 Å². The van der Waals surface area contributed by atoms with E-state index in [1.165, 1.54) is 13.8 Å². The highest BCUT2D eigenvalue weighted by Crippen LogP contribution is 2.29. The van der Waals surface area contributed by atoms with E-state index < -0.39 is 32.1 Å². The topological polar surface area (TPSA) is 113 Å². The Morgan fingerprint density at radius 3 is 2.15 bits per heavy atom. The van der Waals surface area contributed by atoms with Crippen LogP contribution >= 0.6 is 0 Å². The molecule has 0 bridgehead atoms. The van der Waals surface area contributed by atoms with Crippen molar-refractivity contribution in [2.45, 2.75) is 49.8 Å². The predicted octanol–water partition coefficient (Wildman–Crippen LogP) is 0.506. The van der Waals surface area contributed by atoms with Crippen LogP contribution in [0.3, 0.4) is 0 Å². The second kappa shape index (κ2) is 5.59. The SMILES string of the molecule is CC(C)(CNC(=O)NC1(C(=O)O)CCCC1)S(C)(=O)=O. The molecule has 1 aliphatic rings. The summed E-state index contributed by atoms with van der Waals surface area (Å²) in [7, 11) is -3.32. The smallest absolute Gasteiger partial charge is 0.329 e. The molecule has 2 amide bonds. The van der Waals surface area contributed by atoms with Crippen LogP contribution in [0.2, 0.25) is 0 Å². The Bertz CT molecular complexity index is 492. The highest BCUT2D eigenvalue weighted by atomic mass is 32.2. The van der Waals surface area contributed by atoms with Gasteiger partial charge in [0.2, 0.25) is 0 Å². The van der Waals surface area contributed by atoms with Crippen molar-refractivity contribution in [2.75, 3.05) is 12.8 Å². The number of rotatable bonds is 5. The summed E-state index contributed by atoms with van der Waals surface area (Å²) in [5.41, 5.74) is -1.22. The van der Waals surface area contributed by atoms with E-state index >= 15 is 0 Å². The normalized spacial score (nSPS) is 18.6. The summed E-state index contributed by atoms with van der Waals surface area (Å²) < 4.78 is 21.9. The van der Waals surface area contributed by atoms with Gasteiger partial charge in [0.1, 0.15) is 5.54 Å². The van der Waals surface area contributed by atoms with Gasteiger partial charge >= 0.3 is 12.0 Å². The Kier molecular flexibility index (Phi) is 4.68. The van der Waals surface area contributed by atoms with Crippen molar-refractivity contribution in [2.24, 2.45) is 0 Å². The van der Waals surface area contributed by atoms with Crippen LogP contribution in [-0.4, -0.2) is 48.6 Å². The third-order valence-corrected chi connectivity index (χ3v) is 6.05. The van der Waals surface area contributed by atoms with Crippen LogP contribution in [0.15, 0.2) is 0 Å². The Morgan fingerprint density at radius 1 is 1.25 bits per heavy atom. The van der Waals surface area contributed by atoms with Crippen LogP contribution in [-0.2, 0) is 14.6 Å². The maximum Gasteiger partial charge on any atom is 0.329 e. The maximum atomic E-state index is 11.8. The molecule has 20 heavy (non-hydrogen) atoms. The van der Waals surface area contributed by atoms with Gasteiger partial charge in [0.05, 0.1) is 4.75 Å². The lowest BCUT2D eigenvalue weighted by Crippen LogP contribution is -2.57. The Hall–Kier alpha value is -1.31. The molecule has 1 rings (SSSR count). The van der Waals surface area contributed by atoms with Gasteiger partial charge in [-0.15, -0.1) is 0 Å². The van der Waals surface area contributed by atoms with Gasteiger partial charge in [0.25, 0.3) is 0 Å². The fourth-order valence-corrected chi connectivity index (χ4v) is 2.39. The van der Waals surface area contributed by atoms with Gasteiger partial charge in [-0.3, -0.25) is 0 Å². The van der Waals surface area contributed by atoms with Crippen molar-refractivity contribution in [3.05, 3.63) is 0 Å². The molecule has 0 atom stereocenters. The number of urea groups is 1. The molecule has 7 nitrogen and oxygen atoms in total. The standard InChI is InChI=1S/C12H22N2O5S/c1-11(2,20(3,18)19)8-13-10(17)14-12(9(15)16)6-4-5-7-12/h4-8H2,1-3H3,(H,15,16)(H2,13,14,17). The van der Waals surface area contributed by atoms with Crippen molar-refractivity contribution < 1.29 is 23.1 Å². The number of carbonyl (C=O) groups is 2. The minimum absolute atomic E-state index is 0.0760. The number of hydrogen-bond donors (Lipinski definition) is 3. The first-order chi connectivity index (χ1) is 9.00. The molecule has 1 saturated carbocycles. The average Bonchev–Trinajstić information content (AvgIpc) is 2.75. The number of nitrogens with one attached hydrogen (secondary N) is 2. The van der Waals surface area contributed by atoms with Crippen LogP contribution in [0.4, 0.5) is 4.79 Å². The molecular formula is C12H22N2O5S. The molecule has 8 heteroatoms. The molecule has 116 valence electrons. The zero-order chi connectivity index (χ0) is 15.6. The molecule has 0 aromatic heterocycles. The number of hydrogen-bond acceptors (Lipinski definition) is 4. The summed E-state index contributed by atoms with van der Waals surface area (Å²) >= 11 is 0. The molecule has 1 aliphatic carbocycles. The summed E-state index contributed by atoms with van der Waals surface area (Å²) in [6.07, 6.45) is 3.39. The lowest BCUT2D eigenvalue weighted by atomic mass is 9.98. The first-order valence-electron chi connectivity index (χ1n) is 6.49. The van der Waals surface area contributed by atoms with Gasteiger partial charge in [-0.1, -0.05) is 12.8 Å². The summed E-state index contributed by atoms with van der Waals surface area (Å²) in [5, 5.41) is 14.1. The van der Waals surface area contributed by atoms with E-state index in [0.717, 1.165) is 19.1 Å². The second-order valence-electron chi connectivity index (χ2n) is 5.93. The first kappa shape index (κ1) is 16.7. The minimum atomic E-state index is -3.32. The third kappa shape index (κ3) is 3.62. The summed E-state index contributed by atoms with van der Waals surface area (Å²) in [6, 6.07) is -0.647. The third-order valence-electron chi connectivity index (χ3n) is 3.90. The maximum absolute atomic E-state index is 11.8. The van der Waals surface area contributed by atoms with Crippen LogP contribution in [0.1, 0.15) is 39.5 Å². The summed E-state index contributed by atoms with van der Waals surface area (Å²) in [4.78, 5) is 23.1. The van der Waals surface area contributed by atoms with Crippen molar-refractivity contribution in [3.8, 4) is 0 Å². The average molecular weight is 306 g/mol. The fraction of sp³-hybridized carbons (Fsp3) is 0.833. The monoisotopic (exact) mass is 306 g/mol.